The molecule has 1 atom stereocenters. The van der Waals surface area contributed by atoms with Gasteiger partial charge in [0.25, 0.3) is 5.91 Å². The van der Waals surface area contributed by atoms with Crippen molar-refractivity contribution in [2.45, 2.75) is 25.9 Å². The van der Waals surface area contributed by atoms with Gasteiger partial charge in [-0.05, 0) is 55.7 Å². The van der Waals surface area contributed by atoms with Gasteiger partial charge in [0.05, 0.1) is 12.6 Å². The number of carbonyl (C=O) groups is 1. The SMILES string of the molecule is Cc1cccc(OCCNC(=O)c2cccc(OCC3CCCO3)c2)c1. The summed E-state index contributed by atoms with van der Waals surface area (Å²) in [6.07, 6.45) is 2.27. The van der Waals surface area contributed by atoms with E-state index in [1.54, 1.807) is 12.1 Å². The quantitative estimate of drug-likeness (QED) is 0.738. The van der Waals surface area contributed by atoms with Crippen LogP contribution in [-0.4, -0.2) is 38.4 Å². The fourth-order valence-corrected chi connectivity index (χ4v) is 2.83. The van der Waals surface area contributed by atoms with Crippen molar-refractivity contribution in [2.24, 2.45) is 0 Å². The lowest BCUT2D eigenvalue weighted by molar-refractivity contribution is 0.0679. The number of aryl methyl sites for hydroxylation is 1. The maximum Gasteiger partial charge on any atom is 0.251 e. The summed E-state index contributed by atoms with van der Waals surface area (Å²) in [5, 5.41) is 2.86. The molecule has 0 saturated carbocycles. The Morgan fingerprint density at radius 2 is 1.96 bits per heavy atom. The van der Waals surface area contributed by atoms with Crippen molar-refractivity contribution in [3.05, 3.63) is 59.7 Å². The van der Waals surface area contributed by atoms with Crippen LogP contribution in [0.5, 0.6) is 11.5 Å². The van der Waals surface area contributed by atoms with Crippen LogP contribution in [0.4, 0.5) is 0 Å². The van der Waals surface area contributed by atoms with E-state index in [-0.39, 0.29) is 12.0 Å². The third-order valence-corrected chi connectivity index (χ3v) is 4.20. The van der Waals surface area contributed by atoms with E-state index in [0.29, 0.717) is 31.1 Å². The van der Waals surface area contributed by atoms with Crippen LogP contribution in [0.2, 0.25) is 0 Å². The van der Waals surface area contributed by atoms with Gasteiger partial charge in [-0.1, -0.05) is 18.2 Å². The molecule has 2 aromatic carbocycles. The minimum Gasteiger partial charge on any atom is -0.492 e. The fourth-order valence-electron chi connectivity index (χ4n) is 2.83. The van der Waals surface area contributed by atoms with Gasteiger partial charge in [0.2, 0.25) is 0 Å². The zero-order chi connectivity index (χ0) is 18.2. The molecule has 1 amide bonds. The molecule has 0 spiro atoms. The first-order valence-corrected chi connectivity index (χ1v) is 9.03. The average molecular weight is 355 g/mol. The van der Waals surface area contributed by atoms with Crippen LogP contribution in [0.3, 0.4) is 0 Å². The first kappa shape index (κ1) is 18.3. The van der Waals surface area contributed by atoms with E-state index < -0.39 is 0 Å². The molecule has 0 aromatic heterocycles. The first-order chi connectivity index (χ1) is 12.7. The molecule has 1 saturated heterocycles. The number of amides is 1. The highest BCUT2D eigenvalue weighted by molar-refractivity contribution is 5.94. The maximum absolute atomic E-state index is 12.3. The minimum absolute atomic E-state index is 0.139. The second-order valence-electron chi connectivity index (χ2n) is 6.39. The lowest BCUT2D eigenvalue weighted by Crippen LogP contribution is -2.28. The standard InChI is InChI=1S/C21H25NO4/c1-16-5-2-7-18(13-16)25-12-10-22-21(23)17-6-3-8-19(14-17)26-15-20-9-4-11-24-20/h2-3,5-8,13-14,20H,4,9-12,15H2,1H3,(H,22,23). The Morgan fingerprint density at radius 3 is 2.73 bits per heavy atom. The Labute approximate surface area is 154 Å². The molecule has 0 radical (unpaired) electrons. The highest BCUT2D eigenvalue weighted by Gasteiger charge is 2.16. The summed E-state index contributed by atoms with van der Waals surface area (Å²) in [5.41, 5.74) is 1.72. The lowest BCUT2D eigenvalue weighted by atomic mass is 10.2. The molecule has 1 aliphatic heterocycles. The molecule has 1 N–H and O–H groups in total. The number of rotatable bonds is 8. The van der Waals surface area contributed by atoms with Crippen molar-refractivity contribution in [2.75, 3.05) is 26.4 Å². The van der Waals surface area contributed by atoms with Gasteiger partial charge in [0, 0.05) is 12.2 Å². The molecule has 0 aliphatic carbocycles. The molecule has 1 aliphatic rings. The highest BCUT2D eigenvalue weighted by atomic mass is 16.5. The van der Waals surface area contributed by atoms with Crippen molar-refractivity contribution in [1.29, 1.82) is 0 Å². The number of ether oxygens (including phenoxy) is 3. The maximum atomic E-state index is 12.3. The van der Waals surface area contributed by atoms with E-state index in [2.05, 4.69) is 5.32 Å². The molecule has 5 heteroatoms. The summed E-state index contributed by atoms with van der Waals surface area (Å²) in [6, 6.07) is 15.0. The van der Waals surface area contributed by atoms with Crippen LogP contribution in [0, 0.1) is 6.92 Å². The molecule has 1 fully saturated rings. The molecule has 138 valence electrons. The van der Waals surface area contributed by atoms with Crippen LogP contribution in [0.1, 0.15) is 28.8 Å². The minimum atomic E-state index is -0.139. The second kappa shape index (κ2) is 9.25. The Kier molecular flexibility index (Phi) is 6.50. The van der Waals surface area contributed by atoms with Gasteiger partial charge in [0.1, 0.15) is 24.7 Å². The molecule has 5 nitrogen and oxygen atoms in total. The normalized spacial score (nSPS) is 16.3. The van der Waals surface area contributed by atoms with Crippen molar-refractivity contribution in [3.63, 3.8) is 0 Å². The third kappa shape index (κ3) is 5.49. The van der Waals surface area contributed by atoms with Crippen LogP contribution in [0.25, 0.3) is 0 Å². The average Bonchev–Trinajstić information content (AvgIpc) is 3.17. The van der Waals surface area contributed by atoms with Crippen LogP contribution >= 0.6 is 0 Å². The third-order valence-electron chi connectivity index (χ3n) is 4.20. The summed E-state index contributed by atoms with van der Waals surface area (Å²) < 4.78 is 16.9. The Morgan fingerprint density at radius 1 is 1.15 bits per heavy atom. The lowest BCUT2D eigenvalue weighted by Gasteiger charge is -2.12. The van der Waals surface area contributed by atoms with Crippen molar-refractivity contribution in [1.82, 2.24) is 5.32 Å². The van der Waals surface area contributed by atoms with E-state index in [4.69, 9.17) is 14.2 Å². The summed E-state index contributed by atoms with van der Waals surface area (Å²) in [6.45, 7) is 4.21. The largest absolute Gasteiger partial charge is 0.492 e. The van der Waals surface area contributed by atoms with E-state index in [1.165, 1.54) is 0 Å². The Bertz CT molecular complexity index is 725. The number of hydrogen-bond acceptors (Lipinski definition) is 4. The van der Waals surface area contributed by atoms with E-state index >= 15 is 0 Å². The summed E-state index contributed by atoms with van der Waals surface area (Å²) in [5.74, 6) is 1.35. The fraction of sp³-hybridized carbons (Fsp3) is 0.381. The van der Waals surface area contributed by atoms with E-state index in [0.717, 1.165) is 30.8 Å². The molecule has 3 rings (SSSR count). The van der Waals surface area contributed by atoms with Gasteiger partial charge in [-0.2, -0.15) is 0 Å². The predicted molar refractivity (Wildman–Crippen MR) is 99.9 cm³/mol. The Balaban J connectivity index is 1.43. The summed E-state index contributed by atoms with van der Waals surface area (Å²) in [4.78, 5) is 12.3. The van der Waals surface area contributed by atoms with E-state index in [9.17, 15) is 4.79 Å². The van der Waals surface area contributed by atoms with Gasteiger partial charge in [-0.3, -0.25) is 4.79 Å². The second-order valence-corrected chi connectivity index (χ2v) is 6.39. The van der Waals surface area contributed by atoms with Gasteiger partial charge < -0.3 is 19.5 Å². The molecule has 1 heterocycles. The van der Waals surface area contributed by atoms with E-state index in [1.807, 2.05) is 43.3 Å². The number of benzene rings is 2. The van der Waals surface area contributed by atoms with Crippen LogP contribution in [-0.2, 0) is 4.74 Å². The van der Waals surface area contributed by atoms with Gasteiger partial charge in [-0.15, -0.1) is 0 Å². The molecular weight excluding hydrogens is 330 g/mol. The number of hydrogen-bond donors (Lipinski definition) is 1. The zero-order valence-electron chi connectivity index (χ0n) is 15.1. The highest BCUT2D eigenvalue weighted by Crippen LogP contribution is 2.17. The molecule has 0 bridgehead atoms. The summed E-state index contributed by atoms with van der Waals surface area (Å²) >= 11 is 0. The van der Waals surface area contributed by atoms with Gasteiger partial charge in [0.15, 0.2) is 0 Å². The molecule has 26 heavy (non-hydrogen) atoms. The van der Waals surface area contributed by atoms with Crippen LogP contribution in [0.15, 0.2) is 48.5 Å². The zero-order valence-corrected chi connectivity index (χ0v) is 15.1. The number of carbonyl (C=O) groups excluding carboxylic acids is 1. The van der Waals surface area contributed by atoms with Gasteiger partial charge in [-0.25, -0.2) is 0 Å². The monoisotopic (exact) mass is 355 g/mol. The molecule has 1 unspecified atom stereocenters. The Hall–Kier alpha value is -2.53. The molecule has 2 aromatic rings. The molecular formula is C21H25NO4. The van der Waals surface area contributed by atoms with Crippen LogP contribution < -0.4 is 14.8 Å². The topological polar surface area (TPSA) is 56.8 Å². The number of nitrogens with one attached hydrogen (secondary N) is 1. The van der Waals surface area contributed by atoms with Crippen molar-refractivity contribution in [3.8, 4) is 11.5 Å². The first-order valence-electron chi connectivity index (χ1n) is 9.03. The summed E-state index contributed by atoms with van der Waals surface area (Å²) in [7, 11) is 0. The van der Waals surface area contributed by atoms with Crippen molar-refractivity contribution < 1.29 is 19.0 Å². The predicted octanol–water partition coefficient (Wildman–Crippen LogP) is 3.36. The van der Waals surface area contributed by atoms with Gasteiger partial charge >= 0.3 is 0 Å². The van der Waals surface area contributed by atoms with Crippen molar-refractivity contribution >= 4 is 5.91 Å². The smallest absolute Gasteiger partial charge is 0.251 e.